The first-order valence-electron chi connectivity index (χ1n) is 5.84. The van der Waals surface area contributed by atoms with E-state index in [-0.39, 0.29) is 10.6 Å². The van der Waals surface area contributed by atoms with Gasteiger partial charge < -0.3 is 5.32 Å². The second kappa shape index (κ2) is 6.63. The number of hydrogen-bond acceptors (Lipinski definition) is 3. The number of halogens is 1. The number of nitro benzene ring substituents is 1. The molecular weight excluding hydrogens is 355 g/mol. The first-order chi connectivity index (χ1) is 9.16. The first kappa shape index (κ1) is 14.0. The normalized spacial score (nSPS) is 10.4. The van der Waals surface area contributed by atoms with Crippen LogP contribution in [0, 0.1) is 13.7 Å². The summed E-state index contributed by atoms with van der Waals surface area (Å²) in [6.07, 6.45) is 0. The minimum atomic E-state index is -0.364. The lowest BCUT2D eigenvalue weighted by Gasteiger charge is -2.07. The number of nitrogens with zero attached hydrogens (tertiary/aromatic N) is 1. The number of benzene rings is 2. The van der Waals surface area contributed by atoms with Crippen molar-refractivity contribution in [3.8, 4) is 0 Å². The molecule has 0 radical (unpaired) electrons. The second-order valence-corrected chi connectivity index (χ2v) is 5.28. The van der Waals surface area contributed by atoms with Crippen LogP contribution in [0.25, 0.3) is 0 Å². The van der Waals surface area contributed by atoms with E-state index in [0.717, 1.165) is 15.7 Å². The Morgan fingerprint density at radius 2 is 1.84 bits per heavy atom. The quantitative estimate of drug-likeness (QED) is 0.500. The van der Waals surface area contributed by atoms with Crippen molar-refractivity contribution in [2.45, 2.75) is 13.1 Å². The molecule has 0 fully saturated rings. The van der Waals surface area contributed by atoms with Crippen molar-refractivity contribution >= 4 is 28.3 Å². The Labute approximate surface area is 125 Å². The van der Waals surface area contributed by atoms with Crippen molar-refractivity contribution < 1.29 is 4.92 Å². The lowest BCUT2D eigenvalue weighted by molar-refractivity contribution is -0.384. The zero-order chi connectivity index (χ0) is 13.7. The Bertz CT molecular complexity index is 573. The van der Waals surface area contributed by atoms with Gasteiger partial charge in [0.25, 0.3) is 5.69 Å². The Kier molecular flexibility index (Phi) is 4.86. The molecule has 0 aromatic heterocycles. The first-order valence-corrected chi connectivity index (χ1v) is 6.92. The van der Waals surface area contributed by atoms with Gasteiger partial charge in [0.1, 0.15) is 0 Å². The molecule has 0 saturated heterocycles. The van der Waals surface area contributed by atoms with Gasteiger partial charge in [-0.3, -0.25) is 10.1 Å². The Hall–Kier alpha value is -1.47. The maximum atomic E-state index is 10.7. The van der Waals surface area contributed by atoms with Crippen LogP contribution in [0.15, 0.2) is 48.5 Å². The van der Waals surface area contributed by atoms with Crippen LogP contribution >= 0.6 is 22.6 Å². The van der Waals surface area contributed by atoms with Crippen LogP contribution in [0.3, 0.4) is 0 Å². The Morgan fingerprint density at radius 1 is 1.11 bits per heavy atom. The van der Waals surface area contributed by atoms with Gasteiger partial charge in [0.05, 0.1) is 4.92 Å². The average molecular weight is 368 g/mol. The van der Waals surface area contributed by atoms with E-state index in [1.54, 1.807) is 12.1 Å². The number of rotatable bonds is 5. The summed E-state index contributed by atoms with van der Waals surface area (Å²) >= 11 is 2.19. The lowest BCUT2D eigenvalue weighted by atomic mass is 10.2. The van der Waals surface area contributed by atoms with E-state index >= 15 is 0 Å². The molecule has 5 heteroatoms. The number of nitrogens with one attached hydrogen (secondary N) is 1. The highest BCUT2D eigenvalue weighted by molar-refractivity contribution is 14.1. The minimum Gasteiger partial charge on any atom is -0.309 e. The SMILES string of the molecule is O=[N+]([O-])c1ccc(I)c(CNCc2ccccc2)c1. The molecule has 0 saturated carbocycles. The molecule has 2 rings (SSSR count). The summed E-state index contributed by atoms with van der Waals surface area (Å²) in [4.78, 5) is 10.4. The van der Waals surface area contributed by atoms with E-state index in [1.807, 2.05) is 30.3 Å². The molecule has 19 heavy (non-hydrogen) atoms. The van der Waals surface area contributed by atoms with Crippen LogP contribution in [-0.4, -0.2) is 4.92 Å². The van der Waals surface area contributed by atoms with Crippen LogP contribution in [-0.2, 0) is 13.1 Å². The molecule has 0 aliphatic carbocycles. The molecule has 2 aromatic carbocycles. The van der Waals surface area contributed by atoms with Gasteiger partial charge >= 0.3 is 0 Å². The molecule has 0 bridgehead atoms. The van der Waals surface area contributed by atoms with E-state index in [2.05, 4.69) is 27.9 Å². The Morgan fingerprint density at radius 3 is 2.53 bits per heavy atom. The summed E-state index contributed by atoms with van der Waals surface area (Å²) in [5.74, 6) is 0. The van der Waals surface area contributed by atoms with Crippen molar-refractivity contribution in [3.63, 3.8) is 0 Å². The topological polar surface area (TPSA) is 55.2 Å². The molecule has 0 amide bonds. The minimum absolute atomic E-state index is 0.136. The predicted octanol–water partition coefficient (Wildman–Crippen LogP) is 3.49. The predicted molar refractivity (Wildman–Crippen MR) is 82.8 cm³/mol. The number of hydrogen-bond donors (Lipinski definition) is 1. The fourth-order valence-electron chi connectivity index (χ4n) is 1.75. The molecule has 98 valence electrons. The van der Waals surface area contributed by atoms with Gasteiger partial charge in [-0.1, -0.05) is 30.3 Å². The van der Waals surface area contributed by atoms with Gasteiger partial charge in [-0.05, 0) is 39.8 Å². The van der Waals surface area contributed by atoms with Gasteiger partial charge in [0.15, 0.2) is 0 Å². The smallest absolute Gasteiger partial charge is 0.269 e. The highest BCUT2D eigenvalue weighted by Crippen LogP contribution is 2.19. The van der Waals surface area contributed by atoms with Crippen molar-refractivity contribution in [1.29, 1.82) is 0 Å². The molecule has 0 aliphatic rings. The average Bonchev–Trinajstić information content (AvgIpc) is 2.42. The zero-order valence-corrected chi connectivity index (χ0v) is 12.3. The summed E-state index contributed by atoms with van der Waals surface area (Å²) in [6.45, 7) is 1.37. The van der Waals surface area contributed by atoms with E-state index in [0.29, 0.717) is 6.54 Å². The number of nitro groups is 1. The lowest BCUT2D eigenvalue weighted by Crippen LogP contribution is -2.13. The third kappa shape index (κ3) is 4.00. The standard InChI is InChI=1S/C14H13IN2O2/c15-14-7-6-13(17(18)19)8-12(14)10-16-9-11-4-2-1-3-5-11/h1-8,16H,9-10H2. The van der Waals surface area contributed by atoms with E-state index in [1.165, 1.54) is 11.6 Å². The van der Waals surface area contributed by atoms with Crippen LogP contribution in [0.1, 0.15) is 11.1 Å². The molecule has 0 atom stereocenters. The van der Waals surface area contributed by atoms with Crippen LogP contribution in [0.2, 0.25) is 0 Å². The molecule has 1 N–H and O–H groups in total. The van der Waals surface area contributed by atoms with Gasteiger partial charge in [0, 0.05) is 28.8 Å². The van der Waals surface area contributed by atoms with Gasteiger partial charge in [0.2, 0.25) is 0 Å². The summed E-state index contributed by atoms with van der Waals surface area (Å²) in [5.41, 5.74) is 2.28. The van der Waals surface area contributed by atoms with Crippen LogP contribution < -0.4 is 5.32 Å². The summed E-state index contributed by atoms with van der Waals surface area (Å²) in [7, 11) is 0. The molecule has 0 heterocycles. The third-order valence-electron chi connectivity index (χ3n) is 2.73. The van der Waals surface area contributed by atoms with Crippen LogP contribution in [0.4, 0.5) is 5.69 Å². The molecule has 2 aromatic rings. The van der Waals surface area contributed by atoms with Gasteiger partial charge in [-0.15, -0.1) is 0 Å². The van der Waals surface area contributed by atoms with Crippen molar-refractivity contribution in [3.05, 3.63) is 73.3 Å². The monoisotopic (exact) mass is 368 g/mol. The largest absolute Gasteiger partial charge is 0.309 e. The van der Waals surface area contributed by atoms with Crippen molar-refractivity contribution in [2.24, 2.45) is 0 Å². The second-order valence-electron chi connectivity index (χ2n) is 4.12. The molecule has 0 unspecified atom stereocenters. The van der Waals surface area contributed by atoms with E-state index in [9.17, 15) is 10.1 Å². The molecule has 0 spiro atoms. The van der Waals surface area contributed by atoms with E-state index in [4.69, 9.17) is 0 Å². The van der Waals surface area contributed by atoms with Gasteiger partial charge in [-0.2, -0.15) is 0 Å². The number of non-ortho nitro benzene ring substituents is 1. The van der Waals surface area contributed by atoms with Gasteiger partial charge in [-0.25, -0.2) is 0 Å². The van der Waals surface area contributed by atoms with Crippen molar-refractivity contribution in [2.75, 3.05) is 0 Å². The molecule has 0 aliphatic heterocycles. The fraction of sp³-hybridized carbons (Fsp3) is 0.143. The maximum Gasteiger partial charge on any atom is 0.269 e. The highest BCUT2D eigenvalue weighted by atomic mass is 127. The Balaban J connectivity index is 1.99. The highest BCUT2D eigenvalue weighted by Gasteiger charge is 2.08. The van der Waals surface area contributed by atoms with Crippen molar-refractivity contribution in [1.82, 2.24) is 5.32 Å². The third-order valence-corrected chi connectivity index (χ3v) is 3.78. The molecule has 4 nitrogen and oxygen atoms in total. The summed E-state index contributed by atoms with van der Waals surface area (Å²) in [6, 6.07) is 15.0. The molecular formula is C14H13IN2O2. The van der Waals surface area contributed by atoms with E-state index < -0.39 is 0 Å². The summed E-state index contributed by atoms with van der Waals surface area (Å²) < 4.78 is 1.03. The van der Waals surface area contributed by atoms with Crippen LogP contribution in [0.5, 0.6) is 0 Å². The summed E-state index contributed by atoms with van der Waals surface area (Å²) in [5, 5.41) is 14.0. The zero-order valence-electron chi connectivity index (χ0n) is 10.2. The fourth-order valence-corrected chi connectivity index (χ4v) is 2.27. The maximum absolute atomic E-state index is 10.7.